The van der Waals surface area contributed by atoms with Crippen molar-refractivity contribution in [2.45, 2.75) is 37.8 Å². The minimum absolute atomic E-state index is 0.0708. The Morgan fingerprint density at radius 2 is 0.611 bits per heavy atom. The van der Waals surface area contributed by atoms with Crippen molar-refractivity contribution >= 4 is 268 Å². The van der Waals surface area contributed by atoms with Gasteiger partial charge in [-0.25, -0.2) is 0 Å². The number of phenols is 1. The molecular formula is C98H77B2Br4Cl7F6FeO11S2. The van der Waals surface area contributed by atoms with Gasteiger partial charge < -0.3 is 30.1 Å². The van der Waals surface area contributed by atoms with E-state index in [1.807, 2.05) is 137 Å². The third-order valence-corrected chi connectivity index (χ3v) is 22.1. The zero-order valence-corrected chi connectivity index (χ0v) is 82.9. The second-order valence-corrected chi connectivity index (χ2v) is 44.9. The van der Waals surface area contributed by atoms with Crippen LogP contribution in [0.15, 0.2) is 362 Å². The van der Waals surface area contributed by atoms with E-state index >= 15 is 0 Å². The number of hydrogen-bond donors (Lipinski definition) is 5. The number of benzene rings is 18. The van der Waals surface area contributed by atoms with Crippen LogP contribution in [0, 0.1) is 6.92 Å². The monoisotopic (exact) mass is 2250 g/mol. The molecule has 18 aromatic rings. The molecule has 18 aromatic carbocycles. The second kappa shape index (κ2) is 53.8. The summed E-state index contributed by atoms with van der Waals surface area (Å²) in [7, 11) is 1.67. The average molecular weight is 2250 g/mol. The Hall–Kier alpha value is -8.22. The molecule has 680 valence electrons. The zero-order chi connectivity index (χ0) is 95.4. The second-order valence-electron chi connectivity index (χ2n) is 27.2. The van der Waals surface area contributed by atoms with Gasteiger partial charge in [0.1, 0.15) is 11.5 Å². The molecule has 0 fully saturated rings. The molecule has 131 heavy (non-hydrogen) atoms. The zero-order valence-electron chi connectivity index (χ0n) is 68.5. The van der Waals surface area contributed by atoms with E-state index in [9.17, 15) is 58.5 Å². The van der Waals surface area contributed by atoms with Crippen molar-refractivity contribution in [2.75, 3.05) is 10.7 Å². The van der Waals surface area contributed by atoms with Crippen LogP contribution in [-0.2, 0) is 54.9 Å². The Morgan fingerprint density at radius 1 is 0.344 bits per heavy atom. The maximum absolute atomic E-state index is 11.4. The maximum atomic E-state index is 11.4. The van der Waals surface area contributed by atoms with Crippen LogP contribution >= 0.6 is 140 Å². The number of rotatable bonds is 10. The van der Waals surface area contributed by atoms with Gasteiger partial charge in [-0.1, -0.05) is 337 Å². The fraction of sp³-hybridized carbons (Fsp3) is 0.0816. The predicted molar refractivity (Wildman–Crippen MR) is 547 cm³/mol. The number of alkyl halides is 10. The molecule has 0 aliphatic carbocycles. The number of phenolic OH excluding ortho intramolecular Hbond substituents is 1. The standard InChI is InChI=1S/C19H14O.C19H16O.C19H14.C18H12O.C12H10BO2.C7H7BrO.C2F6O5S2.2CH2Cl2.BBr3.3ClH.Fe/c20-12-13-9-10-18-16-7-2-1-5-14(16)15-6-3-4-8-17(15)19(18)11-13;20-14-15-7-6-10-17(13-15)19-12-5-4-11-18(19)16-8-2-1-3-9-16;1-13-10-11-18-16-8-3-2-6-14(16)15-7-4-5-9-17(15)19(18)12-13;19-12-9-10-17-15-7-2-1-5-13(15)14-6-3-4-8-16(14)18(17)11-12;14-13-15-12-9-5-4-8-11(12)10-6-2-1-3-7-10;8-7-3-1-2-6(4-7)5-9;3-1(4,5)14(9,10)13-15(11,12)2(6,7)8;2*2-1-3;2-1(3)4;;;;/h1-11,20H,12H2;1-13,20H,14H2;2-12H,1H3;1-11,19H;1-9,14H;1-4,9H,5H2;;2*1H2;;3*1H;/q;;;;;;;;;;;;;+3/p-3. The molecule has 0 heterocycles. The molecule has 0 atom stereocenters. The minimum atomic E-state index is -6.85. The Kier molecular flexibility index (Phi) is 44.4. The van der Waals surface area contributed by atoms with Crippen molar-refractivity contribution < 1.29 is 88.1 Å². The van der Waals surface area contributed by atoms with Crippen LogP contribution in [0.4, 0.5) is 26.3 Å². The summed E-state index contributed by atoms with van der Waals surface area (Å²) in [6, 6.07) is 122. The summed E-state index contributed by atoms with van der Waals surface area (Å²) in [6.07, 6.45) is 0. The molecule has 1 radical (unpaired) electrons. The van der Waals surface area contributed by atoms with E-state index in [0.717, 1.165) is 43.2 Å². The van der Waals surface area contributed by atoms with Gasteiger partial charge in [0.2, 0.25) is 0 Å². The summed E-state index contributed by atoms with van der Waals surface area (Å²) in [4.78, 5) is 0. The number of aromatic hydroxyl groups is 1. The van der Waals surface area contributed by atoms with Gasteiger partial charge in [0.25, 0.3) is 0 Å². The average Bonchev–Trinajstić information content (AvgIpc) is 0.754. The van der Waals surface area contributed by atoms with Crippen molar-refractivity contribution in [1.29, 1.82) is 0 Å². The fourth-order valence-electron chi connectivity index (χ4n) is 13.7. The first kappa shape index (κ1) is 108. The molecular weight excluding hydrogens is 2180 g/mol. The number of aliphatic hydroxyl groups is 3. The number of hydrogen-bond acceptors (Lipinski definition) is 11. The quantitative estimate of drug-likeness (QED) is 0.0288. The molecule has 0 aromatic heterocycles. The molecule has 0 aliphatic rings. The summed E-state index contributed by atoms with van der Waals surface area (Å²) >= 11 is 30.3. The number of aliphatic hydroxyl groups excluding tert-OH is 3. The van der Waals surface area contributed by atoms with Crippen LogP contribution in [0.1, 0.15) is 22.3 Å². The van der Waals surface area contributed by atoms with E-state index in [-0.39, 0.29) is 33.7 Å². The molecule has 0 spiro atoms. The van der Waals surface area contributed by atoms with Crippen LogP contribution in [0.25, 0.3) is 130 Å². The van der Waals surface area contributed by atoms with E-state index < -0.39 is 42.4 Å². The van der Waals surface area contributed by atoms with Gasteiger partial charge in [0.15, 0.2) is 0 Å². The number of para-hydroxylation sites is 1. The van der Waals surface area contributed by atoms with E-state index in [0.29, 0.717) is 19.2 Å². The topological polar surface area (TPSA) is 188 Å². The molecule has 5 N–H and O–H groups in total. The first-order valence-electron chi connectivity index (χ1n) is 38.6. The Morgan fingerprint density at radius 3 is 0.962 bits per heavy atom. The summed E-state index contributed by atoms with van der Waals surface area (Å²) in [5.41, 5.74) is -1.61. The third-order valence-electron chi connectivity index (χ3n) is 19.0. The van der Waals surface area contributed by atoms with Crippen molar-refractivity contribution in [2.24, 2.45) is 0 Å². The van der Waals surface area contributed by atoms with Gasteiger partial charge >= 0.3 is 83.6 Å². The van der Waals surface area contributed by atoms with Gasteiger partial charge in [-0.2, -0.15) is 43.2 Å². The first-order chi connectivity index (χ1) is 62.7. The molecule has 0 saturated carbocycles. The van der Waals surface area contributed by atoms with Crippen LogP contribution in [0.3, 0.4) is 0 Å². The Bertz CT molecular complexity index is 6700. The third kappa shape index (κ3) is 31.4. The van der Waals surface area contributed by atoms with Crippen molar-refractivity contribution in [3.05, 3.63) is 385 Å². The molecule has 11 nitrogen and oxygen atoms in total. The normalized spacial score (nSPS) is 11.0. The molecule has 0 amide bonds. The van der Waals surface area contributed by atoms with Gasteiger partial charge in [0, 0.05) is 10.0 Å². The van der Waals surface area contributed by atoms with Gasteiger partial charge in [-0.3, -0.25) is 0 Å². The molecule has 0 saturated heterocycles. The van der Waals surface area contributed by atoms with E-state index in [2.05, 4.69) is 289 Å². The summed E-state index contributed by atoms with van der Waals surface area (Å²) in [5, 5.41) is 68.9. The van der Waals surface area contributed by atoms with Crippen molar-refractivity contribution in [3.8, 4) is 44.9 Å². The van der Waals surface area contributed by atoms with Crippen LogP contribution in [-0.4, -0.2) is 74.9 Å². The van der Waals surface area contributed by atoms with Crippen LogP contribution in [0.5, 0.6) is 11.5 Å². The number of halogens is 17. The molecule has 0 bridgehead atoms. The SMILES string of the molecule is BrB(Br)Br.Cc1ccc2c3ccccc3c3ccccc3c2c1.ClCCl.ClCCl.O=S(=O)(OS(=O)(=O)C(F)(F)F)C(F)(F)F.OCc1ccc2c3ccccc3c3ccccc3c2c1.OCc1cccc(-c2ccccc2-c2ccccc2)c1.OCc1cccc(Br)c1.O[B]Oc1ccccc1-c1ccccc1.Oc1ccc2c3ccccc3c3ccccc3c2c1.[Cl][Fe]([Cl])[Cl]. The molecule has 0 unspecified atom stereocenters. The van der Waals surface area contributed by atoms with Gasteiger partial charge in [-0.15, -0.1) is 97.3 Å². The van der Waals surface area contributed by atoms with Gasteiger partial charge in [0.05, 0.1) is 30.5 Å². The molecule has 33 heteroatoms. The van der Waals surface area contributed by atoms with Gasteiger partial charge in [-0.05, 0) is 191 Å². The van der Waals surface area contributed by atoms with E-state index in [4.69, 9.17) is 91.5 Å². The van der Waals surface area contributed by atoms with E-state index in [1.165, 1.54) is 114 Å². The van der Waals surface area contributed by atoms with Crippen LogP contribution < -0.4 is 4.65 Å². The van der Waals surface area contributed by atoms with Crippen molar-refractivity contribution in [1.82, 2.24) is 0 Å². The fourth-order valence-corrected chi connectivity index (χ4v) is 15.7. The van der Waals surface area contributed by atoms with E-state index in [1.54, 1.807) is 6.07 Å². The summed E-state index contributed by atoms with van der Waals surface area (Å²) in [6.45, 7) is 2.42. The Balaban J connectivity index is 0.000000185. The van der Waals surface area contributed by atoms with Crippen LogP contribution in [0.2, 0.25) is 0 Å². The summed E-state index contributed by atoms with van der Waals surface area (Å²) in [5.74, 6) is 0.958. The summed E-state index contributed by atoms with van der Waals surface area (Å²) < 4.78 is 116. The number of fused-ring (bicyclic) bond motifs is 18. The predicted octanol–water partition coefficient (Wildman–Crippen LogP) is 31.4. The molecule has 18 rings (SSSR count). The Labute approximate surface area is 825 Å². The first-order valence-corrected chi connectivity index (χ1v) is 51.6. The molecule has 0 aliphatic heterocycles. The van der Waals surface area contributed by atoms with Crippen molar-refractivity contribution in [3.63, 3.8) is 0 Å². The number of aryl methyl sites for hydroxylation is 1.